The van der Waals surface area contributed by atoms with Crippen LogP contribution in [0.4, 0.5) is 0 Å². The molecule has 3 aromatic heterocycles. The van der Waals surface area contributed by atoms with E-state index in [4.69, 9.17) is 23.2 Å². The lowest BCUT2D eigenvalue weighted by Gasteiger charge is -2.22. The minimum absolute atomic E-state index is 0.461. The van der Waals surface area contributed by atoms with Crippen molar-refractivity contribution in [2.75, 3.05) is 13.1 Å². The van der Waals surface area contributed by atoms with Crippen molar-refractivity contribution in [1.82, 2.24) is 25.1 Å². The summed E-state index contributed by atoms with van der Waals surface area (Å²) in [5, 5.41) is 10.3. The van der Waals surface area contributed by atoms with Crippen molar-refractivity contribution >= 4 is 46.4 Å². The first kappa shape index (κ1) is 19.4. The number of benzene rings is 1. The maximum atomic E-state index is 6.29. The molecule has 0 bridgehead atoms. The molecule has 5 nitrogen and oxygen atoms in total. The van der Waals surface area contributed by atoms with Crippen molar-refractivity contribution in [3.05, 3.63) is 70.2 Å². The van der Waals surface area contributed by atoms with E-state index in [2.05, 4.69) is 37.3 Å². The summed E-state index contributed by atoms with van der Waals surface area (Å²) in [5.74, 6) is 0. The smallest absolute Gasteiger partial charge is 0.137 e. The third-order valence-electron chi connectivity index (χ3n) is 5.61. The van der Waals surface area contributed by atoms with Gasteiger partial charge in [-0.15, -0.1) is 0 Å². The van der Waals surface area contributed by atoms with Gasteiger partial charge in [0, 0.05) is 56.3 Å². The first-order valence-corrected chi connectivity index (χ1v) is 10.8. The third kappa shape index (κ3) is 3.76. The number of rotatable bonds is 4. The van der Waals surface area contributed by atoms with Crippen LogP contribution in [0.3, 0.4) is 0 Å². The van der Waals surface area contributed by atoms with Gasteiger partial charge in [-0.05, 0) is 44.1 Å². The van der Waals surface area contributed by atoms with Gasteiger partial charge in [-0.2, -0.15) is 5.10 Å². The number of pyridine rings is 1. The Morgan fingerprint density at radius 2 is 1.83 bits per heavy atom. The molecule has 1 aromatic carbocycles. The predicted octanol–water partition coefficient (Wildman–Crippen LogP) is 5.83. The largest absolute Gasteiger partial charge is 0.346 e. The minimum Gasteiger partial charge on any atom is -0.346 e. The van der Waals surface area contributed by atoms with E-state index in [1.165, 1.54) is 0 Å². The zero-order chi connectivity index (χ0) is 20.5. The molecule has 0 radical (unpaired) electrons. The van der Waals surface area contributed by atoms with E-state index in [-0.39, 0.29) is 0 Å². The highest BCUT2D eigenvalue weighted by molar-refractivity contribution is 6.37. The van der Waals surface area contributed by atoms with Gasteiger partial charge in [-0.3, -0.25) is 4.68 Å². The lowest BCUT2D eigenvalue weighted by Crippen LogP contribution is -2.29. The molecule has 7 heteroatoms. The van der Waals surface area contributed by atoms with Gasteiger partial charge < -0.3 is 10.3 Å². The van der Waals surface area contributed by atoms with Gasteiger partial charge >= 0.3 is 0 Å². The number of nitrogens with one attached hydrogen (secondary N) is 2. The minimum atomic E-state index is 0.461. The molecule has 0 aliphatic carbocycles. The molecule has 1 aliphatic rings. The Bertz CT molecular complexity index is 1200. The van der Waals surface area contributed by atoms with Crippen LogP contribution in [0.15, 0.2) is 49.1 Å². The summed E-state index contributed by atoms with van der Waals surface area (Å²) >= 11 is 12.6. The van der Waals surface area contributed by atoms with Crippen molar-refractivity contribution < 1.29 is 0 Å². The summed E-state index contributed by atoms with van der Waals surface area (Å²) in [6.45, 7) is 2.09. The average Bonchev–Trinajstić information content (AvgIpc) is 3.41. The molecule has 30 heavy (non-hydrogen) atoms. The van der Waals surface area contributed by atoms with Crippen molar-refractivity contribution in [3.8, 4) is 11.1 Å². The molecular formula is C23H21Cl2N5. The number of hydrogen-bond acceptors (Lipinski definition) is 3. The molecule has 1 saturated heterocycles. The average molecular weight is 438 g/mol. The Kier molecular flexibility index (Phi) is 5.34. The number of H-pyrrole nitrogens is 1. The standard InChI is InChI=1S/C23H21Cl2N5/c24-21-2-1-3-22(25)19(21)5-4-15-11-27-23-20(15)10-16(12-28-23)17-13-29-30(14-17)18-6-8-26-9-7-18/h1-5,10-14,18,26H,6-9H2,(H,27,28). The second-order valence-electron chi connectivity index (χ2n) is 7.52. The van der Waals surface area contributed by atoms with Gasteiger partial charge in [0.2, 0.25) is 0 Å². The van der Waals surface area contributed by atoms with Gasteiger partial charge in [0.25, 0.3) is 0 Å². The molecule has 1 aliphatic heterocycles. The van der Waals surface area contributed by atoms with Gasteiger partial charge in [-0.25, -0.2) is 4.98 Å². The fraction of sp³-hybridized carbons (Fsp3) is 0.217. The molecule has 0 saturated carbocycles. The molecule has 4 aromatic rings. The molecule has 1 fully saturated rings. The van der Waals surface area contributed by atoms with Crippen LogP contribution in [-0.4, -0.2) is 32.8 Å². The van der Waals surface area contributed by atoms with E-state index in [0.717, 1.165) is 59.2 Å². The Labute approximate surface area is 184 Å². The van der Waals surface area contributed by atoms with Crippen molar-refractivity contribution in [3.63, 3.8) is 0 Å². The number of aromatic nitrogens is 4. The fourth-order valence-corrected chi connectivity index (χ4v) is 4.44. The molecule has 0 amide bonds. The summed E-state index contributed by atoms with van der Waals surface area (Å²) in [7, 11) is 0. The highest BCUT2D eigenvalue weighted by Gasteiger charge is 2.16. The van der Waals surface area contributed by atoms with Crippen molar-refractivity contribution in [2.24, 2.45) is 0 Å². The number of hydrogen-bond donors (Lipinski definition) is 2. The van der Waals surface area contributed by atoms with Crippen LogP contribution in [0.1, 0.15) is 30.0 Å². The normalized spacial score (nSPS) is 15.4. The Hall–Kier alpha value is -2.60. The zero-order valence-corrected chi connectivity index (χ0v) is 17.8. The van der Waals surface area contributed by atoms with E-state index < -0.39 is 0 Å². The highest BCUT2D eigenvalue weighted by Crippen LogP contribution is 2.29. The van der Waals surface area contributed by atoms with Crippen molar-refractivity contribution in [2.45, 2.75) is 18.9 Å². The first-order chi connectivity index (χ1) is 14.7. The SMILES string of the molecule is Clc1cccc(Cl)c1C=Cc1c[nH]c2ncc(-c3cnn(C4CCNCC4)c3)cc12. The van der Waals surface area contributed by atoms with E-state index >= 15 is 0 Å². The topological polar surface area (TPSA) is 58.5 Å². The quantitative estimate of drug-likeness (QED) is 0.422. The van der Waals surface area contributed by atoms with Gasteiger partial charge in [0.15, 0.2) is 0 Å². The highest BCUT2D eigenvalue weighted by atomic mass is 35.5. The molecule has 0 unspecified atom stereocenters. The summed E-state index contributed by atoms with van der Waals surface area (Å²) in [4.78, 5) is 7.83. The lowest BCUT2D eigenvalue weighted by atomic mass is 10.1. The second-order valence-corrected chi connectivity index (χ2v) is 8.34. The Balaban J connectivity index is 1.46. The van der Waals surface area contributed by atoms with Gasteiger partial charge in [0.05, 0.1) is 12.2 Å². The van der Waals surface area contributed by atoms with Crippen LogP contribution in [0.5, 0.6) is 0 Å². The lowest BCUT2D eigenvalue weighted by molar-refractivity contribution is 0.343. The maximum Gasteiger partial charge on any atom is 0.137 e. The fourth-order valence-electron chi connectivity index (χ4n) is 3.92. The number of halogens is 2. The van der Waals surface area contributed by atoms with E-state index in [0.29, 0.717) is 16.1 Å². The van der Waals surface area contributed by atoms with E-state index in [9.17, 15) is 0 Å². The molecule has 4 heterocycles. The molecule has 152 valence electrons. The van der Waals surface area contributed by atoms with Crippen LogP contribution in [0.25, 0.3) is 34.3 Å². The maximum absolute atomic E-state index is 6.29. The van der Waals surface area contributed by atoms with Crippen LogP contribution in [0, 0.1) is 0 Å². The second kappa shape index (κ2) is 8.26. The summed E-state index contributed by atoms with van der Waals surface area (Å²) in [6.07, 6.45) is 14.1. The Morgan fingerprint density at radius 1 is 1.03 bits per heavy atom. The van der Waals surface area contributed by atoms with Gasteiger partial charge in [-0.1, -0.05) is 41.4 Å². The van der Waals surface area contributed by atoms with Crippen LogP contribution in [0.2, 0.25) is 10.0 Å². The van der Waals surface area contributed by atoms with E-state index in [1.54, 1.807) is 0 Å². The van der Waals surface area contributed by atoms with Gasteiger partial charge in [0.1, 0.15) is 5.65 Å². The molecular weight excluding hydrogens is 417 g/mol. The zero-order valence-electron chi connectivity index (χ0n) is 16.3. The summed E-state index contributed by atoms with van der Waals surface area (Å²) in [6, 6.07) is 8.12. The third-order valence-corrected chi connectivity index (χ3v) is 6.27. The number of piperidine rings is 1. The molecule has 5 rings (SSSR count). The van der Waals surface area contributed by atoms with Crippen LogP contribution >= 0.6 is 23.2 Å². The van der Waals surface area contributed by atoms with E-state index in [1.807, 2.05) is 48.9 Å². The monoisotopic (exact) mass is 437 g/mol. The molecule has 2 N–H and O–H groups in total. The Morgan fingerprint density at radius 3 is 2.63 bits per heavy atom. The summed E-state index contributed by atoms with van der Waals surface area (Å²) in [5.41, 5.74) is 4.80. The van der Waals surface area contributed by atoms with Crippen LogP contribution < -0.4 is 5.32 Å². The number of fused-ring (bicyclic) bond motifs is 1. The summed E-state index contributed by atoms with van der Waals surface area (Å²) < 4.78 is 2.09. The molecule has 0 atom stereocenters. The van der Waals surface area contributed by atoms with Crippen LogP contribution in [-0.2, 0) is 0 Å². The number of nitrogens with zero attached hydrogens (tertiary/aromatic N) is 3. The van der Waals surface area contributed by atoms with Crippen molar-refractivity contribution in [1.29, 1.82) is 0 Å². The number of aromatic amines is 1. The predicted molar refractivity (Wildman–Crippen MR) is 124 cm³/mol. The first-order valence-electron chi connectivity index (χ1n) is 10.0. The molecule has 0 spiro atoms.